The molecule has 0 N–H and O–H groups in total. The predicted octanol–water partition coefficient (Wildman–Crippen LogP) is 6.87. The minimum Gasteiger partial charge on any atom is -0.338 e. The summed E-state index contributed by atoms with van der Waals surface area (Å²) < 4.78 is 0. The molecule has 1 aromatic heterocycles. The molecular weight excluding hydrogens is 430 g/mol. The fraction of sp³-hybridized carbons (Fsp3) is 0.250. The molecule has 0 amide bonds. The first kappa shape index (κ1) is 20.0. The van der Waals surface area contributed by atoms with Gasteiger partial charge in [0.2, 0.25) is 0 Å². The van der Waals surface area contributed by atoms with Crippen molar-refractivity contribution in [2.24, 2.45) is 4.99 Å². The molecule has 3 atom stereocenters. The monoisotopic (exact) mass is 451 g/mol. The molecule has 3 nitrogen and oxygen atoms in total. The van der Waals surface area contributed by atoms with Crippen LogP contribution in [0.25, 0.3) is 0 Å². The van der Waals surface area contributed by atoms with Crippen molar-refractivity contribution in [1.29, 1.82) is 0 Å². The molecule has 0 radical (unpaired) electrons. The van der Waals surface area contributed by atoms with Crippen LogP contribution < -0.4 is 0 Å². The number of aliphatic imine (C=N–C) groups is 1. The van der Waals surface area contributed by atoms with E-state index in [9.17, 15) is 0 Å². The molecule has 2 aromatic carbocycles. The predicted molar refractivity (Wildman–Crippen MR) is 128 cm³/mol. The summed E-state index contributed by atoms with van der Waals surface area (Å²) in [6.07, 6.45) is 2.99. The standard InChI is InChI=1S/C24H22ClN3S2/c1-2-18-15-29-24-27-22(21-5-3-4-14-26-21)23(28(18)24)16-6-10-19(11-7-16)30-20-12-8-17(25)9-13-20/h3-14,18,22-23H,2,15H2,1H3. The first-order valence-electron chi connectivity index (χ1n) is 10.2. The van der Waals surface area contributed by atoms with Crippen molar-refractivity contribution < 1.29 is 0 Å². The topological polar surface area (TPSA) is 28.5 Å². The number of aromatic nitrogens is 1. The third-order valence-corrected chi connectivity index (χ3v) is 7.99. The van der Waals surface area contributed by atoms with Gasteiger partial charge < -0.3 is 4.90 Å². The van der Waals surface area contributed by atoms with Crippen LogP contribution in [-0.4, -0.2) is 26.8 Å². The van der Waals surface area contributed by atoms with Crippen LogP contribution in [0.3, 0.4) is 0 Å². The number of halogens is 1. The fourth-order valence-electron chi connectivity index (χ4n) is 4.08. The smallest absolute Gasteiger partial charge is 0.160 e. The normalized spacial score (nSPS) is 22.8. The zero-order valence-corrected chi connectivity index (χ0v) is 19.0. The summed E-state index contributed by atoms with van der Waals surface area (Å²) in [5.74, 6) is 1.12. The molecule has 0 saturated carbocycles. The summed E-state index contributed by atoms with van der Waals surface area (Å²) >= 11 is 9.64. The van der Waals surface area contributed by atoms with Crippen molar-refractivity contribution in [3.05, 3.63) is 89.2 Å². The van der Waals surface area contributed by atoms with E-state index >= 15 is 0 Å². The number of benzene rings is 2. The second-order valence-corrected chi connectivity index (χ2v) is 10.0. The van der Waals surface area contributed by atoms with Crippen LogP contribution in [-0.2, 0) is 0 Å². The Hall–Kier alpha value is -1.95. The van der Waals surface area contributed by atoms with Crippen molar-refractivity contribution in [1.82, 2.24) is 9.88 Å². The molecule has 2 aliphatic rings. The minimum atomic E-state index is 0.0396. The number of amidine groups is 1. The quantitative estimate of drug-likeness (QED) is 0.423. The second-order valence-electron chi connectivity index (χ2n) is 7.46. The van der Waals surface area contributed by atoms with Gasteiger partial charge in [-0.25, -0.2) is 0 Å². The largest absolute Gasteiger partial charge is 0.338 e. The molecule has 6 heteroatoms. The van der Waals surface area contributed by atoms with E-state index in [-0.39, 0.29) is 12.1 Å². The van der Waals surface area contributed by atoms with Gasteiger partial charge in [-0.2, -0.15) is 0 Å². The first-order valence-corrected chi connectivity index (χ1v) is 12.3. The van der Waals surface area contributed by atoms with E-state index in [1.165, 1.54) is 20.5 Å². The zero-order valence-electron chi connectivity index (χ0n) is 16.6. The lowest BCUT2D eigenvalue weighted by atomic mass is 9.95. The Bertz CT molecular complexity index is 1040. The number of fused-ring (bicyclic) bond motifs is 1. The Balaban J connectivity index is 1.44. The van der Waals surface area contributed by atoms with Crippen LogP contribution in [0.15, 0.2) is 87.7 Å². The van der Waals surface area contributed by atoms with Crippen LogP contribution in [0, 0.1) is 0 Å². The van der Waals surface area contributed by atoms with Gasteiger partial charge in [0.15, 0.2) is 5.17 Å². The molecule has 30 heavy (non-hydrogen) atoms. The van der Waals surface area contributed by atoms with E-state index in [1.54, 1.807) is 11.8 Å². The Labute approximate surface area is 191 Å². The summed E-state index contributed by atoms with van der Waals surface area (Å²) in [6, 6.07) is 23.8. The number of rotatable bonds is 5. The molecule has 0 spiro atoms. The SMILES string of the molecule is CCC1CSC2=NC(c3ccccn3)C(c3ccc(Sc4ccc(Cl)cc4)cc3)N21. The number of hydrogen-bond donors (Lipinski definition) is 0. The average molecular weight is 452 g/mol. The lowest BCUT2D eigenvalue weighted by Gasteiger charge is -2.32. The highest BCUT2D eigenvalue weighted by atomic mass is 35.5. The number of nitrogens with zero attached hydrogens (tertiary/aromatic N) is 3. The van der Waals surface area contributed by atoms with E-state index in [0.717, 1.165) is 22.9 Å². The van der Waals surface area contributed by atoms with Gasteiger partial charge in [-0.1, -0.05) is 60.2 Å². The molecule has 2 aliphatic heterocycles. The third kappa shape index (κ3) is 3.86. The lowest BCUT2D eigenvalue weighted by molar-refractivity contribution is 0.255. The van der Waals surface area contributed by atoms with Gasteiger partial charge in [0.25, 0.3) is 0 Å². The number of hydrogen-bond acceptors (Lipinski definition) is 5. The second kappa shape index (κ2) is 8.66. The number of thioether (sulfide) groups is 1. The molecular formula is C24H22ClN3S2. The first-order chi connectivity index (χ1) is 14.7. The highest BCUT2D eigenvalue weighted by molar-refractivity contribution is 8.14. The molecule has 1 fully saturated rings. The van der Waals surface area contributed by atoms with E-state index in [2.05, 4.69) is 65.3 Å². The van der Waals surface area contributed by atoms with Gasteiger partial charge in [0.1, 0.15) is 6.04 Å². The van der Waals surface area contributed by atoms with Gasteiger partial charge in [-0.05, 0) is 60.5 Å². The third-order valence-electron chi connectivity index (χ3n) is 5.60. The van der Waals surface area contributed by atoms with Crippen LogP contribution in [0.5, 0.6) is 0 Å². The van der Waals surface area contributed by atoms with Crippen molar-refractivity contribution >= 4 is 40.3 Å². The Morgan fingerprint density at radius 1 is 1.03 bits per heavy atom. The summed E-state index contributed by atoms with van der Waals surface area (Å²) in [5, 5.41) is 1.93. The summed E-state index contributed by atoms with van der Waals surface area (Å²) in [4.78, 5) is 14.7. The Kier molecular flexibility index (Phi) is 5.77. The molecule has 0 aliphatic carbocycles. The Morgan fingerprint density at radius 2 is 1.77 bits per heavy atom. The molecule has 152 valence electrons. The lowest BCUT2D eigenvalue weighted by Crippen LogP contribution is -2.35. The highest BCUT2D eigenvalue weighted by Gasteiger charge is 2.45. The highest BCUT2D eigenvalue weighted by Crippen LogP contribution is 2.48. The maximum absolute atomic E-state index is 6.01. The van der Waals surface area contributed by atoms with Crippen molar-refractivity contribution in [2.45, 2.75) is 41.3 Å². The van der Waals surface area contributed by atoms with E-state index < -0.39 is 0 Å². The maximum atomic E-state index is 6.01. The van der Waals surface area contributed by atoms with Crippen LogP contribution in [0.2, 0.25) is 5.02 Å². The minimum absolute atomic E-state index is 0.0396. The zero-order chi connectivity index (χ0) is 20.5. The van der Waals surface area contributed by atoms with Crippen LogP contribution >= 0.6 is 35.1 Å². The summed E-state index contributed by atoms with van der Waals surface area (Å²) in [7, 11) is 0. The summed E-state index contributed by atoms with van der Waals surface area (Å²) in [6.45, 7) is 2.27. The van der Waals surface area contributed by atoms with Gasteiger partial charge in [0, 0.05) is 32.8 Å². The molecule has 0 bridgehead atoms. The van der Waals surface area contributed by atoms with E-state index in [4.69, 9.17) is 16.6 Å². The molecule has 3 unspecified atom stereocenters. The van der Waals surface area contributed by atoms with Crippen molar-refractivity contribution in [3.63, 3.8) is 0 Å². The van der Waals surface area contributed by atoms with Crippen molar-refractivity contribution in [2.75, 3.05) is 5.75 Å². The van der Waals surface area contributed by atoms with E-state index in [0.29, 0.717) is 6.04 Å². The maximum Gasteiger partial charge on any atom is 0.160 e. The molecule has 5 rings (SSSR count). The van der Waals surface area contributed by atoms with Gasteiger partial charge in [-0.3, -0.25) is 9.98 Å². The van der Waals surface area contributed by atoms with Crippen molar-refractivity contribution in [3.8, 4) is 0 Å². The van der Waals surface area contributed by atoms with Crippen LogP contribution in [0.1, 0.15) is 36.7 Å². The fourth-order valence-corrected chi connectivity index (χ4v) is 6.36. The molecule has 3 heterocycles. The molecule has 1 saturated heterocycles. The number of pyridine rings is 1. The Morgan fingerprint density at radius 3 is 2.43 bits per heavy atom. The average Bonchev–Trinajstić information content (AvgIpc) is 3.36. The van der Waals surface area contributed by atoms with E-state index in [1.807, 2.05) is 36.2 Å². The van der Waals surface area contributed by atoms with Gasteiger partial charge in [-0.15, -0.1) is 0 Å². The van der Waals surface area contributed by atoms with Gasteiger partial charge >= 0.3 is 0 Å². The molecule has 3 aromatic rings. The van der Waals surface area contributed by atoms with Crippen LogP contribution in [0.4, 0.5) is 0 Å². The van der Waals surface area contributed by atoms with Gasteiger partial charge in [0.05, 0.1) is 11.7 Å². The summed E-state index contributed by atoms with van der Waals surface area (Å²) in [5.41, 5.74) is 2.34.